The zero-order valence-electron chi connectivity index (χ0n) is 14.5. The topological polar surface area (TPSA) is 79.9 Å². The van der Waals surface area contributed by atoms with Gasteiger partial charge in [0.2, 0.25) is 5.88 Å². The molecule has 6 nitrogen and oxygen atoms in total. The Hall–Kier alpha value is -3.41. The molecule has 130 valence electrons. The molecule has 0 unspecified atom stereocenters. The molecule has 0 aliphatic rings. The molecule has 0 saturated heterocycles. The molecule has 0 aliphatic carbocycles. The Morgan fingerprint density at radius 3 is 2.77 bits per heavy atom. The monoisotopic (exact) mass is 346 g/mol. The minimum atomic E-state index is -0.191. The highest BCUT2D eigenvalue weighted by molar-refractivity contribution is 6.04. The quantitative estimate of drug-likeness (QED) is 0.584. The summed E-state index contributed by atoms with van der Waals surface area (Å²) in [5.41, 5.74) is 1.48. The van der Waals surface area contributed by atoms with E-state index in [1.807, 2.05) is 56.3 Å². The van der Waals surface area contributed by atoms with Gasteiger partial charge < -0.3 is 15.0 Å². The molecular formula is C20H18N4O2. The van der Waals surface area contributed by atoms with E-state index in [-0.39, 0.29) is 11.9 Å². The lowest BCUT2D eigenvalue weighted by Gasteiger charge is -2.08. The van der Waals surface area contributed by atoms with Crippen LogP contribution in [0.4, 0.5) is 0 Å². The second-order valence-corrected chi connectivity index (χ2v) is 6.35. The first-order valence-electron chi connectivity index (χ1n) is 8.42. The number of carbonyl (C=O) groups excluding carboxylic acids is 1. The molecule has 4 aromatic rings. The first-order valence-corrected chi connectivity index (χ1v) is 8.42. The van der Waals surface area contributed by atoms with Gasteiger partial charge in [-0.15, -0.1) is 0 Å². The van der Waals surface area contributed by atoms with Crippen LogP contribution in [0.2, 0.25) is 0 Å². The molecular weight excluding hydrogens is 328 g/mol. The fraction of sp³-hybridized carbons (Fsp3) is 0.150. The predicted octanol–water partition coefficient (Wildman–Crippen LogP) is 4.04. The Kier molecular flexibility index (Phi) is 4.01. The number of hydrogen-bond acceptors (Lipinski definition) is 4. The number of carbonyl (C=O) groups is 1. The molecule has 6 heteroatoms. The van der Waals surface area contributed by atoms with Crippen molar-refractivity contribution in [2.75, 3.05) is 0 Å². The van der Waals surface area contributed by atoms with E-state index in [0.29, 0.717) is 28.4 Å². The van der Waals surface area contributed by atoms with Gasteiger partial charge in [0, 0.05) is 12.2 Å². The number of H-pyrrole nitrogens is 1. The average Bonchev–Trinajstić information content (AvgIpc) is 3.04. The van der Waals surface area contributed by atoms with Crippen molar-refractivity contribution in [3.05, 3.63) is 60.4 Å². The Bertz CT molecular complexity index is 1100. The van der Waals surface area contributed by atoms with E-state index in [2.05, 4.69) is 20.3 Å². The summed E-state index contributed by atoms with van der Waals surface area (Å²) in [6, 6.07) is 13.9. The molecule has 0 bridgehead atoms. The molecule has 0 saturated carbocycles. The van der Waals surface area contributed by atoms with Gasteiger partial charge in [-0.25, -0.2) is 9.97 Å². The lowest BCUT2D eigenvalue weighted by atomic mass is 10.1. The highest BCUT2D eigenvalue weighted by Gasteiger charge is 2.16. The number of amides is 1. The zero-order valence-corrected chi connectivity index (χ0v) is 14.5. The van der Waals surface area contributed by atoms with Gasteiger partial charge in [0.25, 0.3) is 5.91 Å². The van der Waals surface area contributed by atoms with Gasteiger partial charge in [-0.1, -0.05) is 30.3 Å². The maximum Gasteiger partial charge on any atom is 0.255 e. The zero-order chi connectivity index (χ0) is 18.1. The van der Waals surface area contributed by atoms with Gasteiger partial charge in [-0.3, -0.25) is 4.79 Å². The SMILES string of the molecule is CC(C)NC(=O)c1c[nH]c2ncc(Oc3ccc4ccccc4c3)nc12. The summed E-state index contributed by atoms with van der Waals surface area (Å²) in [5.74, 6) is 0.815. The number of fused-ring (bicyclic) bond motifs is 2. The van der Waals surface area contributed by atoms with Gasteiger partial charge in [0.1, 0.15) is 11.3 Å². The molecule has 2 heterocycles. The number of aromatic nitrogens is 3. The molecule has 2 aromatic heterocycles. The molecule has 0 aliphatic heterocycles. The van der Waals surface area contributed by atoms with Gasteiger partial charge >= 0.3 is 0 Å². The molecule has 0 spiro atoms. The molecule has 4 rings (SSSR count). The van der Waals surface area contributed by atoms with Crippen molar-refractivity contribution in [2.24, 2.45) is 0 Å². The summed E-state index contributed by atoms with van der Waals surface area (Å²) in [5, 5.41) is 5.08. The minimum absolute atomic E-state index is 0.0393. The molecule has 0 fully saturated rings. The van der Waals surface area contributed by atoms with Gasteiger partial charge in [-0.05, 0) is 36.8 Å². The maximum atomic E-state index is 12.3. The third kappa shape index (κ3) is 3.09. The van der Waals surface area contributed by atoms with Crippen LogP contribution in [0.1, 0.15) is 24.2 Å². The van der Waals surface area contributed by atoms with Crippen LogP contribution in [0.3, 0.4) is 0 Å². The highest BCUT2D eigenvalue weighted by atomic mass is 16.5. The Morgan fingerprint density at radius 2 is 1.96 bits per heavy atom. The average molecular weight is 346 g/mol. The Labute approximate surface area is 150 Å². The summed E-state index contributed by atoms with van der Waals surface area (Å²) < 4.78 is 5.86. The molecule has 2 N–H and O–H groups in total. The van der Waals surface area contributed by atoms with Gasteiger partial charge in [-0.2, -0.15) is 0 Å². The molecule has 2 aromatic carbocycles. The number of benzene rings is 2. The first kappa shape index (κ1) is 16.1. The van der Waals surface area contributed by atoms with E-state index in [9.17, 15) is 4.79 Å². The summed E-state index contributed by atoms with van der Waals surface area (Å²) >= 11 is 0. The highest BCUT2D eigenvalue weighted by Crippen LogP contribution is 2.26. The molecule has 26 heavy (non-hydrogen) atoms. The number of nitrogens with zero attached hydrogens (tertiary/aromatic N) is 2. The van der Waals surface area contributed by atoms with Crippen molar-refractivity contribution in [2.45, 2.75) is 19.9 Å². The van der Waals surface area contributed by atoms with Crippen molar-refractivity contribution in [3.63, 3.8) is 0 Å². The Morgan fingerprint density at radius 1 is 1.15 bits per heavy atom. The first-order chi connectivity index (χ1) is 12.6. The summed E-state index contributed by atoms with van der Waals surface area (Å²) in [6.07, 6.45) is 3.15. The summed E-state index contributed by atoms with van der Waals surface area (Å²) in [7, 11) is 0. The van der Waals surface area contributed by atoms with E-state index in [1.165, 1.54) is 6.20 Å². The van der Waals surface area contributed by atoms with Gasteiger partial charge in [0.15, 0.2) is 5.65 Å². The third-order valence-corrected chi connectivity index (χ3v) is 3.97. The van der Waals surface area contributed by atoms with Crippen LogP contribution in [0, 0.1) is 0 Å². The number of rotatable bonds is 4. The van der Waals surface area contributed by atoms with Crippen molar-refractivity contribution < 1.29 is 9.53 Å². The van der Waals surface area contributed by atoms with Crippen LogP contribution in [0.25, 0.3) is 21.9 Å². The number of ether oxygens (including phenoxy) is 1. The second kappa shape index (κ2) is 6.48. The van der Waals surface area contributed by atoms with Crippen molar-refractivity contribution in [3.8, 4) is 11.6 Å². The summed E-state index contributed by atoms with van der Waals surface area (Å²) in [4.78, 5) is 24.0. The smallest absolute Gasteiger partial charge is 0.255 e. The summed E-state index contributed by atoms with van der Waals surface area (Å²) in [6.45, 7) is 3.82. The second-order valence-electron chi connectivity index (χ2n) is 6.35. The van der Waals surface area contributed by atoms with E-state index in [4.69, 9.17) is 4.74 Å². The largest absolute Gasteiger partial charge is 0.437 e. The van der Waals surface area contributed by atoms with Crippen LogP contribution in [0.15, 0.2) is 54.9 Å². The van der Waals surface area contributed by atoms with E-state index < -0.39 is 0 Å². The minimum Gasteiger partial charge on any atom is -0.437 e. The third-order valence-electron chi connectivity index (χ3n) is 3.97. The van der Waals surface area contributed by atoms with Crippen LogP contribution in [-0.2, 0) is 0 Å². The lowest BCUT2D eigenvalue weighted by molar-refractivity contribution is 0.0944. The lowest BCUT2D eigenvalue weighted by Crippen LogP contribution is -2.29. The van der Waals surface area contributed by atoms with Crippen molar-refractivity contribution >= 4 is 27.8 Å². The van der Waals surface area contributed by atoms with E-state index in [1.54, 1.807) is 6.20 Å². The maximum absolute atomic E-state index is 12.3. The van der Waals surface area contributed by atoms with Crippen LogP contribution in [-0.4, -0.2) is 26.9 Å². The van der Waals surface area contributed by atoms with E-state index >= 15 is 0 Å². The molecule has 1 amide bonds. The van der Waals surface area contributed by atoms with Gasteiger partial charge in [0.05, 0.1) is 11.8 Å². The fourth-order valence-corrected chi connectivity index (χ4v) is 2.79. The number of nitrogens with one attached hydrogen (secondary N) is 2. The number of hydrogen-bond donors (Lipinski definition) is 2. The Balaban J connectivity index is 1.66. The van der Waals surface area contributed by atoms with E-state index in [0.717, 1.165) is 10.8 Å². The van der Waals surface area contributed by atoms with Crippen LogP contribution >= 0.6 is 0 Å². The predicted molar refractivity (Wildman–Crippen MR) is 101 cm³/mol. The standard InChI is InChI=1S/C20H18N4O2/c1-12(2)23-20(25)16-10-21-19-18(16)24-17(11-22-19)26-15-8-7-13-5-3-4-6-14(13)9-15/h3-12H,1-2H3,(H,21,22)(H,23,25). The van der Waals surface area contributed by atoms with Crippen LogP contribution < -0.4 is 10.1 Å². The van der Waals surface area contributed by atoms with Crippen LogP contribution in [0.5, 0.6) is 11.6 Å². The van der Waals surface area contributed by atoms with Crippen molar-refractivity contribution in [1.29, 1.82) is 0 Å². The normalized spacial score (nSPS) is 11.2. The number of aromatic amines is 1. The molecule has 0 atom stereocenters. The van der Waals surface area contributed by atoms with Crippen molar-refractivity contribution in [1.82, 2.24) is 20.3 Å². The molecule has 0 radical (unpaired) electrons. The fourth-order valence-electron chi connectivity index (χ4n) is 2.79.